The number of phenols is 2. The Labute approximate surface area is 170 Å². The van der Waals surface area contributed by atoms with E-state index in [1.165, 1.54) is 6.07 Å². The van der Waals surface area contributed by atoms with Crippen molar-refractivity contribution in [3.8, 4) is 11.5 Å². The average Bonchev–Trinajstić information content (AvgIpc) is 2.73. The molecule has 160 valence electrons. The molecular weight excluding hydrogens is 396 g/mol. The van der Waals surface area contributed by atoms with Crippen LogP contribution in [0, 0.1) is 5.92 Å². The number of aliphatic hydroxyl groups is 4. The molecular formula is C21H22O9. The van der Waals surface area contributed by atoms with E-state index in [-0.39, 0.29) is 40.7 Å². The number of ether oxygens (including phenoxy) is 1. The fourth-order valence-electron chi connectivity index (χ4n) is 3.99. The molecule has 1 aromatic heterocycles. The predicted octanol–water partition coefficient (Wildman–Crippen LogP) is 0.162. The summed E-state index contributed by atoms with van der Waals surface area (Å²) in [5.41, 5.74) is -0.483. The molecule has 30 heavy (non-hydrogen) atoms. The van der Waals surface area contributed by atoms with Crippen LogP contribution < -0.4 is 5.43 Å². The second kappa shape index (κ2) is 7.86. The minimum Gasteiger partial charge on any atom is -0.507 e. The first-order valence-electron chi connectivity index (χ1n) is 9.48. The monoisotopic (exact) mass is 418 g/mol. The van der Waals surface area contributed by atoms with E-state index < -0.39 is 53.7 Å². The van der Waals surface area contributed by atoms with Crippen molar-refractivity contribution in [1.29, 1.82) is 0 Å². The quantitative estimate of drug-likeness (QED) is 0.319. The molecule has 9 heteroatoms. The zero-order chi connectivity index (χ0) is 21.6. The second-order valence-corrected chi connectivity index (χ2v) is 7.52. The van der Waals surface area contributed by atoms with E-state index in [0.29, 0.717) is 0 Å². The fraction of sp³-hybridized carbons (Fsp3) is 0.381. The molecule has 0 aliphatic carbocycles. The Morgan fingerprint density at radius 1 is 0.967 bits per heavy atom. The van der Waals surface area contributed by atoms with Gasteiger partial charge in [-0.15, -0.1) is 0 Å². The number of para-hydroxylation sites is 1. The number of hydrogen-bond acceptors (Lipinski definition) is 9. The molecule has 0 radical (unpaired) electrons. The lowest BCUT2D eigenvalue weighted by Gasteiger charge is -2.36. The summed E-state index contributed by atoms with van der Waals surface area (Å²) >= 11 is 0. The van der Waals surface area contributed by atoms with Crippen molar-refractivity contribution in [2.75, 3.05) is 19.8 Å². The highest BCUT2D eigenvalue weighted by molar-refractivity contribution is 5.95. The van der Waals surface area contributed by atoms with Crippen LogP contribution in [0.3, 0.4) is 0 Å². The third-order valence-electron chi connectivity index (χ3n) is 5.69. The van der Waals surface area contributed by atoms with Gasteiger partial charge < -0.3 is 39.8 Å². The summed E-state index contributed by atoms with van der Waals surface area (Å²) in [6.07, 6.45) is -4.83. The van der Waals surface area contributed by atoms with Gasteiger partial charge in [-0.2, -0.15) is 0 Å². The molecule has 5 atom stereocenters. The van der Waals surface area contributed by atoms with Crippen LogP contribution in [0.15, 0.2) is 39.5 Å². The van der Waals surface area contributed by atoms with Gasteiger partial charge in [0.1, 0.15) is 34.2 Å². The van der Waals surface area contributed by atoms with E-state index in [4.69, 9.17) is 9.15 Å². The summed E-state index contributed by atoms with van der Waals surface area (Å²) in [4.78, 5) is 12.9. The Morgan fingerprint density at radius 2 is 1.70 bits per heavy atom. The van der Waals surface area contributed by atoms with Gasteiger partial charge in [-0.05, 0) is 12.1 Å². The van der Waals surface area contributed by atoms with Gasteiger partial charge in [-0.3, -0.25) is 4.79 Å². The minimum atomic E-state index is -1.68. The molecule has 2 aromatic carbocycles. The topological polar surface area (TPSA) is 161 Å². The largest absolute Gasteiger partial charge is 0.507 e. The molecule has 3 aromatic rings. The summed E-state index contributed by atoms with van der Waals surface area (Å²) in [6.45, 7) is -0.816. The second-order valence-electron chi connectivity index (χ2n) is 7.52. The summed E-state index contributed by atoms with van der Waals surface area (Å²) in [6, 6.07) is 7.60. The van der Waals surface area contributed by atoms with Crippen molar-refractivity contribution < 1.29 is 39.8 Å². The van der Waals surface area contributed by atoms with Gasteiger partial charge in [0.15, 0.2) is 0 Å². The molecule has 1 aliphatic rings. The Morgan fingerprint density at radius 3 is 2.43 bits per heavy atom. The molecule has 1 saturated heterocycles. The Hall–Kier alpha value is -2.69. The van der Waals surface area contributed by atoms with E-state index in [1.54, 1.807) is 18.2 Å². The minimum absolute atomic E-state index is 0.0420. The summed E-state index contributed by atoms with van der Waals surface area (Å²) in [5, 5.41) is 62.0. The number of rotatable bonds is 2. The maximum absolute atomic E-state index is 12.9. The van der Waals surface area contributed by atoms with Crippen molar-refractivity contribution in [1.82, 2.24) is 0 Å². The first-order valence-corrected chi connectivity index (χ1v) is 9.48. The van der Waals surface area contributed by atoms with E-state index in [1.807, 2.05) is 0 Å². The molecule has 0 unspecified atom stereocenters. The third-order valence-corrected chi connectivity index (χ3v) is 5.69. The smallest absolute Gasteiger partial charge is 0.204 e. The van der Waals surface area contributed by atoms with Gasteiger partial charge in [-0.1, -0.05) is 12.1 Å². The van der Waals surface area contributed by atoms with Crippen LogP contribution in [-0.2, 0) is 4.74 Å². The standard InChI is InChI=1S/C21H22O9/c22-6-9-7-29-8-11(19(26)21(28)17(9)24)15-12(23)5-14-16(20(15)27)18(25)10-3-1-2-4-13(10)30-14/h1-5,9,11,17,19,21-24,26-28H,6-8H2/t9-,11+,17-,19+,21-/m1/s1. The van der Waals surface area contributed by atoms with Crippen LogP contribution in [0.2, 0.25) is 0 Å². The van der Waals surface area contributed by atoms with E-state index >= 15 is 0 Å². The van der Waals surface area contributed by atoms with Gasteiger partial charge in [0.2, 0.25) is 5.43 Å². The Kier molecular flexibility index (Phi) is 5.39. The van der Waals surface area contributed by atoms with Crippen molar-refractivity contribution in [3.63, 3.8) is 0 Å². The zero-order valence-electron chi connectivity index (χ0n) is 15.8. The molecule has 9 nitrogen and oxygen atoms in total. The van der Waals surface area contributed by atoms with Crippen molar-refractivity contribution in [2.24, 2.45) is 5.92 Å². The van der Waals surface area contributed by atoms with Crippen LogP contribution in [0.4, 0.5) is 0 Å². The summed E-state index contributed by atoms with van der Waals surface area (Å²) in [5.74, 6) is -3.04. The van der Waals surface area contributed by atoms with Gasteiger partial charge in [-0.25, -0.2) is 0 Å². The molecule has 0 saturated carbocycles. The molecule has 0 amide bonds. The normalized spacial score (nSPS) is 27.8. The van der Waals surface area contributed by atoms with Crippen LogP contribution in [0.5, 0.6) is 11.5 Å². The first kappa shape index (κ1) is 20.6. The SMILES string of the molecule is O=c1c2ccccc2oc2cc(O)c([C@@H]3COC[C@@H](CO)[C@@H](O)[C@@H](O)[C@H]3O)c(O)c12. The Bertz CT molecular complexity index is 1140. The number of hydrogen-bond donors (Lipinski definition) is 6. The number of benzene rings is 2. The van der Waals surface area contributed by atoms with E-state index in [2.05, 4.69) is 0 Å². The van der Waals surface area contributed by atoms with Crippen molar-refractivity contribution in [3.05, 3.63) is 46.1 Å². The van der Waals surface area contributed by atoms with E-state index in [0.717, 1.165) is 6.07 Å². The number of aliphatic hydroxyl groups excluding tert-OH is 4. The highest BCUT2D eigenvalue weighted by atomic mass is 16.5. The lowest BCUT2D eigenvalue weighted by molar-refractivity contribution is -0.133. The maximum atomic E-state index is 12.9. The van der Waals surface area contributed by atoms with Crippen LogP contribution in [0.1, 0.15) is 11.5 Å². The maximum Gasteiger partial charge on any atom is 0.204 e. The fourth-order valence-corrected chi connectivity index (χ4v) is 3.99. The first-order chi connectivity index (χ1) is 14.3. The number of phenolic OH excluding ortho intramolecular Hbond substituents is 2. The highest BCUT2D eigenvalue weighted by Crippen LogP contribution is 2.42. The number of fused-ring (bicyclic) bond motifs is 2. The van der Waals surface area contributed by atoms with Gasteiger partial charge in [0.25, 0.3) is 0 Å². The third kappa shape index (κ3) is 3.21. The zero-order valence-corrected chi connectivity index (χ0v) is 15.8. The molecule has 0 spiro atoms. The van der Waals surface area contributed by atoms with Crippen molar-refractivity contribution in [2.45, 2.75) is 24.2 Å². The summed E-state index contributed by atoms with van der Waals surface area (Å²) in [7, 11) is 0. The van der Waals surface area contributed by atoms with Crippen LogP contribution in [0.25, 0.3) is 21.9 Å². The molecule has 4 rings (SSSR count). The molecule has 1 fully saturated rings. The van der Waals surface area contributed by atoms with Gasteiger partial charge in [0, 0.05) is 23.5 Å². The molecule has 2 heterocycles. The molecule has 6 N–H and O–H groups in total. The van der Waals surface area contributed by atoms with Crippen LogP contribution in [-0.4, -0.2) is 68.8 Å². The van der Waals surface area contributed by atoms with E-state index in [9.17, 15) is 35.4 Å². The highest BCUT2D eigenvalue weighted by Gasteiger charge is 2.40. The predicted molar refractivity (Wildman–Crippen MR) is 105 cm³/mol. The lowest BCUT2D eigenvalue weighted by Crippen LogP contribution is -2.49. The Balaban J connectivity index is 1.88. The lowest BCUT2D eigenvalue weighted by atomic mass is 9.83. The van der Waals surface area contributed by atoms with Crippen molar-refractivity contribution >= 4 is 21.9 Å². The number of aromatic hydroxyl groups is 2. The molecule has 1 aliphatic heterocycles. The van der Waals surface area contributed by atoms with Crippen LogP contribution >= 0.6 is 0 Å². The van der Waals surface area contributed by atoms with Gasteiger partial charge >= 0.3 is 0 Å². The summed E-state index contributed by atoms with van der Waals surface area (Å²) < 4.78 is 11.1. The average molecular weight is 418 g/mol. The van der Waals surface area contributed by atoms with Gasteiger partial charge in [0.05, 0.1) is 37.4 Å². The molecule has 0 bridgehead atoms.